The molecular formula is C22H28F4NO6P. The molecule has 0 saturated heterocycles. The molecule has 1 unspecified atom stereocenters. The predicted octanol–water partition coefficient (Wildman–Crippen LogP) is 3.90. The fourth-order valence-corrected chi connectivity index (χ4v) is 3.63. The Morgan fingerprint density at radius 3 is 2.29 bits per heavy atom. The van der Waals surface area contributed by atoms with E-state index in [1.807, 2.05) is 0 Å². The van der Waals surface area contributed by atoms with Gasteiger partial charge in [-0.2, -0.15) is 13.2 Å². The van der Waals surface area contributed by atoms with Gasteiger partial charge in [0.1, 0.15) is 11.6 Å². The highest BCUT2D eigenvalue weighted by Gasteiger charge is 2.35. The number of rotatable bonds is 12. The zero-order chi connectivity index (χ0) is 25.6. The highest BCUT2D eigenvalue weighted by atomic mass is 31.2. The van der Waals surface area contributed by atoms with Crippen LogP contribution in [0.1, 0.15) is 35.1 Å². The molecule has 0 bridgehead atoms. The minimum absolute atomic E-state index is 0.00510. The van der Waals surface area contributed by atoms with Crippen molar-refractivity contribution in [2.45, 2.75) is 44.3 Å². The van der Waals surface area contributed by atoms with Crippen LogP contribution in [0.5, 0.6) is 5.75 Å². The number of phosphoric acid groups is 1. The number of phosphoric ester groups is 1. The van der Waals surface area contributed by atoms with Gasteiger partial charge in [0.25, 0.3) is 0 Å². The Morgan fingerprint density at radius 2 is 1.71 bits per heavy atom. The molecule has 0 aliphatic carbocycles. The number of ether oxygens (including phenoxy) is 1. The number of halogens is 4. The maximum absolute atomic E-state index is 13.6. The Hall–Kier alpha value is -2.01. The first-order valence-electron chi connectivity index (χ1n) is 10.4. The Labute approximate surface area is 194 Å². The molecule has 2 aromatic rings. The quantitative estimate of drug-likeness (QED) is 0.195. The molecule has 0 fully saturated rings. The van der Waals surface area contributed by atoms with Crippen molar-refractivity contribution >= 4 is 7.82 Å². The van der Waals surface area contributed by atoms with Gasteiger partial charge >= 0.3 is 14.0 Å². The molecule has 2 aromatic carbocycles. The lowest BCUT2D eigenvalue weighted by Gasteiger charge is -2.27. The Morgan fingerprint density at radius 1 is 1.06 bits per heavy atom. The first-order valence-corrected chi connectivity index (χ1v) is 11.9. The van der Waals surface area contributed by atoms with E-state index in [0.29, 0.717) is 18.4 Å². The SMILES string of the molecule is Cc1cc(CCCOc2ccc(CCC(N)(CO)COP(=O)(O)O)cc2C(F)(F)F)ccc1F. The third-order valence-corrected chi connectivity index (χ3v) is 5.65. The number of hydrogen-bond acceptors (Lipinski definition) is 5. The lowest BCUT2D eigenvalue weighted by molar-refractivity contribution is -0.139. The fraction of sp³-hybridized carbons (Fsp3) is 0.455. The molecule has 0 heterocycles. The van der Waals surface area contributed by atoms with E-state index in [1.54, 1.807) is 19.1 Å². The van der Waals surface area contributed by atoms with Gasteiger partial charge in [-0.3, -0.25) is 4.52 Å². The largest absolute Gasteiger partial charge is 0.493 e. The lowest BCUT2D eigenvalue weighted by atomic mass is 9.93. The van der Waals surface area contributed by atoms with E-state index < -0.39 is 38.3 Å². The lowest BCUT2D eigenvalue weighted by Crippen LogP contribution is -2.48. The van der Waals surface area contributed by atoms with E-state index in [-0.39, 0.29) is 36.6 Å². The van der Waals surface area contributed by atoms with Crippen molar-refractivity contribution in [1.29, 1.82) is 0 Å². The van der Waals surface area contributed by atoms with Crippen molar-refractivity contribution in [1.82, 2.24) is 0 Å². The molecule has 0 spiro atoms. The van der Waals surface area contributed by atoms with E-state index >= 15 is 0 Å². The average molecular weight is 509 g/mol. The van der Waals surface area contributed by atoms with Gasteiger partial charge in [0.2, 0.25) is 0 Å². The molecule has 2 rings (SSSR count). The van der Waals surface area contributed by atoms with E-state index in [9.17, 15) is 27.2 Å². The van der Waals surface area contributed by atoms with Crippen LogP contribution in [0.25, 0.3) is 0 Å². The van der Waals surface area contributed by atoms with Crippen LogP contribution in [0.3, 0.4) is 0 Å². The van der Waals surface area contributed by atoms with Crippen LogP contribution in [-0.2, 0) is 28.1 Å². The van der Waals surface area contributed by atoms with E-state index in [2.05, 4.69) is 4.52 Å². The smallest absolute Gasteiger partial charge is 0.469 e. The van der Waals surface area contributed by atoms with Crippen molar-refractivity contribution in [2.75, 3.05) is 19.8 Å². The number of aliphatic hydroxyl groups is 1. The summed E-state index contributed by atoms with van der Waals surface area (Å²) in [5.41, 5.74) is 4.94. The first-order chi connectivity index (χ1) is 15.7. The second kappa shape index (κ2) is 11.6. The second-order valence-corrected chi connectivity index (χ2v) is 9.39. The molecule has 0 aromatic heterocycles. The Kier molecular flexibility index (Phi) is 9.64. The molecule has 12 heteroatoms. The Bertz CT molecular complexity index is 1010. The monoisotopic (exact) mass is 509 g/mol. The van der Waals surface area contributed by atoms with Crippen LogP contribution in [0.2, 0.25) is 0 Å². The van der Waals surface area contributed by atoms with Crippen LogP contribution < -0.4 is 10.5 Å². The molecule has 0 saturated carbocycles. The summed E-state index contributed by atoms with van der Waals surface area (Å²) in [7, 11) is -4.82. The topological polar surface area (TPSA) is 122 Å². The van der Waals surface area contributed by atoms with Crippen LogP contribution in [0.15, 0.2) is 36.4 Å². The zero-order valence-electron chi connectivity index (χ0n) is 18.5. The second-order valence-electron chi connectivity index (χ2n) is 8.15. The van der Waals surface area contributed by atoms with Crippen LogP contribution in [0, 0.1) is 12.7 Å². The molecule has 190 valence electrons. The summed E-state index contributed by atoms with van der Waals surface area (Å²) in [6.45, 7) is 0.296. The van der Waals surface area contributed by atoms with Crippen LogP contribution in [-0.4, -0.2) is 40.3 Å². The summed E-state index contributed by atoms with van der Waals surface area (Å²) in [5, 5.41) is 9.44. The average Bonchev–Trinajstić information content (AvgIpc) is 2.75. The summed E-state index contributed by atoms with van der Waals surface area (Å²) in [5.74, 6) is -0.660. The minimum atomic E-state index is -4.82. The summed E-state index contributed by atoms with van der Waals surface area (Å²) in [4.78, 5) is 17.6. The van der Waals surface area contributed by atoms with E-state index in [1.165, 1.54) is 18.2 Å². The minimum Gasteiger partial charge on any atom is -0.493 e. The van der Waals surface area contributed by atoms with Crippen LogP contribution >= 0.6 is 7.82 Å². The summed E-state index contributed by atoms with van der Waals surface area (Å²) in [6.07, 6.45) is -3.83. The maximum Gasteiger partial charge on any atom is 0.469 e. The third kappa shape index (κ3) is 8.98. The highest BCUT2D eigenvalue weighted by molar-refractivity contribution is 7.46. The maximum atomic E-state index is 13.6. The molecule has 0 aliphatic heterocycles. The number of hydrogen-bond donors (Lipinski definition) is 4. The molecule has 1 atom stereocenters. The standard InChI is InChI=1S/C22H28F4NO6P/c1-15-11-16(4-6-19(15)23)3-2-10-32-20-7-5-17(12-18(20)22(24,25)26)8-9-21(27,13-28)14-33-34(29,30)31/h4-7,11-12,28H,2-3,8-10,13-14,27H2,1H3,(H2,29,30,31). The summed E-state index contributed by atoms with van der Waals surface area (Å²) in [6, 6.07) is 8.18. The van der Waals surface area contributed by atoms with Gasteiger partial charge in [0, 0.05) is 0 Å². The van der Waals surface area contributed by atoms with Crippen molar-refractivity contribution in [3.63, 3.8) is 0 Å². The number of alkyl halides is 3. The van der Waals surface area contributed by atoms with E-state index in [0.717, 1.165) is 11.6 Å². The van der Waals surface area contributed by atoms with Gasteiger partial charge < -0.3 is 25.4 Å². The van der Waals surface area contributed by atoms with Crippen molar-refractivity contribution in [2.24, 2.45) is 5.73 Å². The van der Waals surface area contributed by atoms with Gasteiger partial charge in [-0.1, -0.05) is 18.2 Å². The van der Waals surface area contributed by atoms with Gasteiger partial charge in [0.15, 0.2) is 0 Å². The normalized spacial score (nSPS) is 14.1. The van der Waals surface area contributed by atoms with Gasteiger partial charge in [-0.15, -0.1) is 0 Å². The van der Waals surface area contributed by atoms with E-state index in [4.69, 9.17) is 20.3 Å². The molecule has 34 heavy (non-hydrogen) atoms. The molecule has 7 nitrogen and oxygen atoms in total. The first kappa shape index (κ1) is 28.2. The van der Waals surface area contributed by atoms with Crippen molar-refractivity contribution < 1.29 is 46.3 Å². The van der Waals surface area contributed by atoms with Gasteiger partial charge in [-0.05, 0) is 67.5 Å². The molecule has 0 radical (unpaired) electrons. The number of aliphatic hydroxyl groups excluding tert-OH is 1. The number of nitrogens with two attached hydrogens (primary N) is 1. The Balaban J connectivity index is 2.02. The van der Waals surface area contributed by atoms with Crippen molar-refractivity contribution in [3.05, 3.63) is 64.5 Å². The number of aryl methyl sites for hydroxylation is 3. The zero-order valence-corrected chi connectivity index (χ0v) is 19.4. The molecule has 0 amide bonds. The molecule has 0 aliphatic rings. The number of benzene rings is 2. The summed E-state index contributed by atoms with van der Waals surface area (Å²) >= 11 is 0. The highest BCUT2D eigenvalue weighted by Crippen LogP contribution is 2.38. The predicted molar refractivity (Wildman–Crippen MR) is 117 cm³/mol. The third-order valence-electron chi connectivity index (χ3n) is 5.19. The summed E-state index contributed by atoms with van der Waals surface area (Å²) < 4.78 is 74.7. The van der Waals surface area contributed by atoms with Gasteiger partial charge in [0.05, 0.1) is 30.9 Å². The van der Waals surface area contributed by atoms with Gasteiger partial charge in [-0.25, -0.2) is 8.96 Å². The molecule has 5 N–H and O–H groups in total. The van der Waals surface area contributed by atoms with Crippen LogP contribution in [0.4, 0.5) is 17.6 Å². The van der Waals surface area contributed by atoms with Crippen molar-refractivity contribution in [3.8, 4) is 5.75 Å². The fourth-order valence-electron chi connectivity index (χ4n) is 3.20. The molecular weight excluding hydrogens is 481 g/mol.